The predicted octanol–water partition coefficient (Wildman–Crippen LogP) is 1.69. The second kappa shape index (κ2) is 16.0. The molecule has 1 aromatic rings. The highest BCUT2D eigenvalue weighted by Crippen LogP contribution is 2.40. The SMILES string of the molecule is CCCOc1ccc(C(=O)N[C@@H](CCCCN)C(=O)N[C@H](CCC(=O)N2[C@H](C(=O)O)C[C@@H]3CCCC[C@@H]32)C(=O)O)cn1. The van der Waals surface area contributed by atoms with Crippen molar-refractivity contribution in [1.29, 1.82) is 0 Å². The number of aromatic nitrogens is 1. The van der Waals surface area contributed by atoms with Gasteiger partial charge in [0.25, 0.3) is 5.91 Å². The Morgan fingerprint density at radius 3 is 2.48 bits per heavy atom. The summed E-state index contributed by atoms with van der Waals surface area (Å²) in [7, 11) is 0. The number of ether oxygens (including phenoxy) is 1. The lowest BCUT2D eigenvalue weighted by atomic mass is 9.84. The molecule has 0 aromatic carbocycles. The van der Waals surface area contributed by atoms with Crippen LogP contribution in [-0.2, 0) is 19.2 Å². The molecule has 13 heteroatoms. The van der Waals surface area contributed by atoms with Crippen molar-refractivity contribution >= 4 is 29.7 Å². The highest BCUT2D eigenvalue weighted by molar-refractivity contribution is 5.98. The van der Waals surface area contributed by atoms with E-state index < -0.39 is 47.8 Å². The lowest BCUT2D eigenvalue weighted by Gasteiger charge is -2.33. The minimum Gasteiger partial charge on any atom is -0.480 e. The van der Waals surface area contributed by atoms with Crippen molar-refractivity contribution in [3.8, 4) is 5.88 Å². The van der Waals surface area contributed by atoms with Crippen LogP contribution in [0.15, 0.2) is 18.3 Å². The maximum atomic E-state index is 13.2. The number of nitrogens with one attached hydrogen (secondary N) is 2. The molecule has 5 atom stereocenters. The Hall–Kier alpha value is -3.74. The number of aliphatic carboxylic acids is 2. The zero-order valence-electron chi connectivity index (χ0n) is 24.1. The van der Waals surface area contributed by atoms with Gasteiger partial charge in [-0.2, -0.15) is 0 Å². The molecule has 1 saturated heterocycles. The summed E-state index contributed by atoms with van der Waals surface area (Å²) in [6.45, 7) is 2.83. The molecule has 0 spiro atoms. The largest absolute Gasteiger partial charge is 0.480 e. The molecule has 0 bridgehead atoms. The standard InChI is InChI=1S/C29H43N5O8/c1-2-15-42-24-12-10-19(17-31-24)26(36)32-20(8-5-6-14-30)27(37)33-21(28(38)39)11-13-25(35)34-22-9-4-3-7-18(22)16-23(34)29(40)41/h10,12,17-18,20-23H,2-9,11,13-16,30H2,1H3,(H,32,36)(H,33,37)(H,38,39)(H,40,41)/t18-,20-,21+,22-,23-/m0/s1. The maximum absolute atomic E-state index is 13.2. The first-order chi connectivity index (χ1) is 20.2. The first-order valence-corrected chi connectivity index (χ1v) is 14.8. The maximum Gasteiger partial charge on any atom is 0.326 e. The summed E-state index contributed by atoms with van der Waals surface area (Å²) in [6, 6.07) is -0.457. The van der Waals surface area contributed by atoms with Gasteiger partial charge in [-0.3, -0.25) is 14.4 Å². The van der Waals surface area contributed by atoms with E-state index in [2.05, 4.69) is 15.6 Å². The van der Waals surface area contributed by atoms with E-state index in [1.807, 2.05) is 6.92 Å². The quantitative estimate of drug-likeness (QED) is 0.177. The normalized spacial score (nSPS) is 21.1. The molecule has 0 radical (unpaired) electrons. The van der Waals surface area contributed by atoms with E-state index in [0.717, 1.165) is 32.1 Å². The van der Waals surface area contributed by atoms with Gasteiger partial charge in [-0.05, 0) is 69.9 Å². The molecule has 2 fully saturated rings. The zero-order chi connectivity index (χ0) is 30.6. The van der Waals surface area contributed by atoms with Crippen LogP contribution in [-0.4, -0.2) is 87.1 Å². The number of unbranched alkanes of at least 4 members (excludes halogenated alkanes) is 1. The topological polar surface area (TPSA) is 201 Å². The van der Waals surface area contributed by atoms with Gasteiger partial charge in [0, 0.05) is 24.7 Å². The molecule has 1 aliphatic carbocycles. The number of nitrogens with two attached hydrogens (primary N) is 1. The first-order valence-electron chi connectivity index (χ1n) is 14.8. The van der Waals surface area contributed by atoms with Gasteiger partial charge < -0.3 is 36.2 Å². The second-order valence-corrected chi connectivity index (χ2v) is 11.0. The number of carboxylic acid groups (broad SMARTS) is 2. The van der Waals surface area contributed by atoms with E-state index in [-0.39, 0.29) is 36.8 Å². The Morgan fingerprint density at radius 2 is 1.83 bits per heavy atom. The summed E-state index contributed by atoms with van der Waals surface area (Å²) in [5.41, 5.74) is 5.79. The van der Waals surface area contributed by atoms with Gasteiger partial charge in [-0.15, -0.1) is 0 Å². The molecule has 1 aliphatic heterocycles. The van der Waals surface area contributed by atoms with E-state index in [1.165, 1.54) is 17.2 Å². The van der Waals surface area contributed by atoms with Crippen LogP contribution in [0.5, 0.6) is 5.88 Å². The Balaban J connectivity index is 1.64. The highest BCUT2D eigenvalue weighted by Gasteiger charge is 2.47. The Labute approximate surface area is 245 Å². The fraction of sp³-hybridized carbons (Fsp3) is 0.655. The molecule has 232 valence electrons. The van der Waals surface area contributed by atoms with Gasteiger partial charge in [0.15, 0.2) is 0 Å². The van der Waals surface area contributed by atoms with Crippen molar-refractivity contribution in [1.82, 2.24) is 20.5 Å². The molecule has 1 saturated carbocycles. The first kappa shape index (κ1) is 32.8. The van der Waals surface area contributed by atoms with Gasteiger partial charge in [0.05, 0.1) is 12.2 Å². The smallest absolute Gasteiger partial charge is 0.326 e. The third-order valence-corrected chi connectivity index (χ3v) is 7.94. The van der Waals surface area contributed by atoms with Crippen molar-refractivity contribution in [3.05, 3.63) is 23.9 Å². The third kappa shape index (κ3) is 8.88. The van der Waals surface area contributed by atoms with Crippen LogP contribution >= 0.6 is 0 Å². The van der Waals surface area contributed by atoms with Gasteiger partial charge in [-0.1, -0.05) is 19.8 Å². The van der Waals surface area contributed by atoms with Crippen molar-refractivity contribution < 1.29 is 38.9 Å². The molecule has 2 aliphatic rings. The van der Waals surface area contributed by atoms with Crippen molar-refractivity contribution in [2.24, 2.45) is 11.7 Å². The lowest BCUT2D eigenvalue weighted by Crippen LogP contribution is -2.52. The number of nitrogens with zero attached hydrogens (tertiary/aromatic N) is 2. The Kier molecular flexibility index (Phi) is 12.5. The van der Waals surface area contributed by atoms with Crippen LogP contribution in [0.3, 0.4) is 0 Å². The molecule has 42 heavy (non-hydrogen) atoms. The zero-order valence-corrected chi connectivity index (χ0v) is 24.1. The number of amides is 3. The lowest BCUT2D eigenvalue weighted by molar-refractivity contribution is -0.150. The average Bonchev–Trinajstić information content (AvgIpc) is 3.38. The molecule has 13 nitrogen and oxygen atoms in total. The number of fused-ring (bicyclic) bond motifs is 1. The summed E-state index contributed by atoms with van der Waals surface area (Å²) < 4.78 is 5.43. The molecular formula is C29H43N5O8. The van der Waals surface area contributed by atoms with Crippen molar-refractivity contribution in [3.63, 3.8) is 0 Å². The highest BCUT2D eigenvalue weighted by atomic mass is 16.5. The third-order valence-electron chi connectivity index (χ3n) is 7.94. The van der Waals surface area contributed by atoms with Crippen LogP contribution in [0.4, 0.5) is 0 Å². The fourth-order valence-corrected chi connectivity index (χ4v) is 5.78. The summed E-state index contributed by atoms with van der Waals surface area (Å²) >= 11 is 0. The molecule has 0 unspecified atom stereocenters. The summed E-state index contributed by atoms with van der Waals surface area (Å²) in [5, 5.41) is 24.6. The van der Waals surface area contributed by atoms with E-state index in [0.29, 0.717) is 38.3 Å². The number of hydrogen-bond donors (Lipinski definition) is 5. The van der Waals surface area contributed by atoms with Crippen molar-refractivity contribution in [2.75, 3.05) is 13.2 Å². The second-order valence-electron chi connectivity index (χ2n) is 11.0. The number of pyridine rings is 1. The number of rotatable bonds is 16. The van der Waals surface area contributed by atoms with Crippen LogP contribution in [0.2, 0.25) is 0 Å². The predicted molar refractivity (Wildman–Crippen MR) is 152 cm³/mol. The monoisotopic (exact) mass is 589 g/mol. The summed E-state index contributed by atoms with van der Waals surface area (Å²) in [5.74, 6) is -3.58. The number of carboxylic acids is 2. The molecular weight excluding hydrogens is 546 g/mol. The van der Waals surface area contributed by atoms with E-state index >= 15 is 0 Å². The number of carbonyl (C=O) groups is 5. The van der Waals surface area contributed by atoms with Gasteiger partial charge in [0.2, 0.25) is 17.7 Å². The van der Waals surface area contributed by atoms with E-state index in [9.17, 15) is 34.2 Å². The number of hydrogen-bond acceptors (Lipinski definition) is 8. The van der Waals surface area contributed by atoms with Crippen LogP contribution in [0.25, 0.3) is 0 Å². The number of carbonyl (C=O) groups excluding carboxylic acids is 3. The van der Waals surface area contributed by atoms with Gasteiger partial charge >= 0.3 is 11.9 Å². The van der Waals surface area contributed by atoms with E-state index in [4.69, 9.17) is 10.5 Å². The van der Waals surface area contributed by atoms with Gasteiger partial charge in [0.1, 0.15) is 18.1 Å². The Morgan fingerprint density at radius 1 is 1.07 bits per heavy atom. The van der Waals surface area contributed by atoms with E-state index in [1.54, 1.807) is 6.07 Å². The molecule has 3 rings (SSSR count). The summed E-state index contributed by atoms with van der Waals surface area (Å²) in [4.78, 5) is 68.7. The Bertz CT molecular complexity index is 1100. The minimum atomic E-state index is -1.40. The van der Waals surface area contributed by atoms with Crippen LogP contribution in [0, 0.1) is 5.92 Å². The van der Waals surface area contributed by atoms with Crippen LogP contribution in [0.1, 0.15) is 87.9 Å². The van der Waals surface area contributed by atoms with Gasteiger partial charge in [-0.25, -0.2) is 14.6 Å². The summed E-state index contributed by atoms with van der Waals surface area (Å²) in [6.07, 6.45) is 6.95. The van der Waals surface area contributed by atoms with Crippen LogP contribution < -0.4 is 21.1 Å². The minimum absolute atomic E-state index is 0.131. The molecule has 6 N–H and O–H groups in total. The molecule has 2 heterocycles. The number of likely N-dealkylation sites (tertiary alicyclic amines) is 1. The van der Waals surface area contributed by atoms with Crippen molar-refractivity contribution in [2.45, 2.75) is 102 Å². The molecule has 1 aromatic heterocycles. The molecule has 3 amide bonds. The average molecular weight is 590 g/mol. The fourth-order valence-electron chi connectivity index (χ4n) is 5.78.